The third-order valence-corrected chi connectivity index (χ3v) is 8.76. The fraction of sp³-hybridized carbons (Fsp3) is 0.552. The van der Waals surface area contributed by atoms with Gasteiger partial charge >= 0.3 is 0 Å². The monoisotopic (exact) mass is 556 g/mol. The second-order valence-corrected chi connectivity index (χ2v) is 11.8. The molecule has 1 aromatic rings. The van der Waals surface area contributed by atoms with Crippen LogP contribution in [0.25, 0.3) is 5.76 Å². The van der Waals surface area contributed by atoms with E-state index in [1.165, 1.54) is 4.90 Å². The van der Waals surface area contributed by atoms with Gasteiger partial charge in [-0.05, 0) is 56.9 Å². The molecule has 5 atom stereocenters. The van der Waals surface area contributed by atoms with Crippen LogP contribution in [0.3, 0.4) is 0 Å². The van der Waals surface area contributed by atoms with Crippen molar-refractivity contribution in [2.24, 2.45) is 23.5 Å². The zero-order valence-corrected chi connectivity index (χ0v) is 23.9. The number of phenols is 1. The van der Waals surface area contributed by atoms with Crippen LogP contribution in [0.1, 0.15) is 43.4 Å². The van der Waals surface area contributed by atoms with Crippen molar-refractivity contribution in [3.63, 3.8) is 0 Å². The minimum absolute atomic E-state index is 0.0532. The van der Waals surface area contributed by atoms with Gasteiger partial charge in [0.05, 0.1) is 11.6 Å². The number of aliphatic hydroxyl groups is 3. The minimum Gasteiger partial charge on any atom is -0.508 e. The van der Waals surface area contributed by atoms with E-state index in [-0.39, 0.29) is 29.7 Å². The van der Waals surface area contributed by atoms with Crippen molar-refractivity contribution < 1.29 is 34.8 Å². The molecule has 0 heterocycles. The van der Waals surface area contributed by atoms with Crippen LogP contribution in [0.15, 0.2) is 23.0 Å². The lowest BCUT2D eigenvalue weighted by molar-refractivity contribution is -0.153. The summed E-state index contributed by atoms with van der Waals surface area (Å²) in [6.07, 6.45) is 1.29. The molecule has 0 aliphatic heterocycles. The van der Waals surface area contributed by atoms with E-state index in [0.717, 1.165) is 18.7 Å². The summed E-state index contributed by atoms with van der Waals surface area (Å²) in [7, 11) is 6.85. The lowest BCUT2D eigenvalue weighted by Gasteiger charge is -2.50. The van der Waals surface area contributed by atoms with E-state index >= 15 is 0 Å². The van der Waals surface area contributed by atoms with Crippen molar-refractivity contribution in [1.29, 1.82) is 0 Å². The van der Waals surface area contributed by atoms with Crippen LogP contribution in [-0.4, -0.2) is 89.2 Å². The summed E-state index contributed by atoms with van der Waals surface area (Å²) < 4.78 is 0. The van der Waals surface area contributed by atoms with Crippen LogP contribution in [-0.2, 0) is 27.3 Å². The maximum atomic E-state index is 14.0. The highest BCUT2D eigenvalue weighted by Gasteiger charge is 2.64. The van der Waals surface area contributed by atoms with Gasteiger partial charge in [0.2, 0.25) is 5.78 Å². The Morgan fingerprint density at radius 2 is 1.85 bits per heavy atom. The number of hydrogen-bond acceptors (Lipinski definition) is 10. The maximum absolute atomic E-state index is 14.0. The molecule has 4 rings (SSSR count). The van der Waals surface area contributed by atoms with Crippen LogP contribution >= 0.6 is 0 Å². The number of nitrogens with two attached hydrogens (primary N) is 1. The molecule has 1 unspecified atom stereocenters. The number of carbonyl (C=O) groups is 3. The largest absolute Gasteiger partial charge is 0.508 e. The van der Waals surface area contributed by atoms with Gasteiger partial charge < -0.3 is 36.4 Å². The van der Waals surface area contributed by atoms with E-state index in [1.807, 2.05) is 25.1 Å². The molecule has 0 radical (unpaired) electrons. The number of Topliss-reactive ketones (excluding diaryl/α,β-unsaturated/α-hetero) is 2. The molecule has 0 spiro atoms. The van der Waals surface area contributed by atoms with Crippen molar-refractivity contribution in [2.45, 2.75) is 51.3 Å². The molecule has 3 aliphatic carbocycles. The van der Waals surface area contributed by atoms with Gasteiger partial charge in [-0.3, -0.25) is 19.3 Å². The molecular formula is C29H40N4O7. The second-order valence-electron chi connectivity index (χ2n) is 11.8. The molecule has 11 heteroatoms. The molecule has 1 fully saturated rings. The number of fused-ring (bicyclic) bond motifs is 3. The average molecular weight is 557 g/mol. The number of likely N-dealkylation sites (N-methyl/N-ethyl adjacent to an activating group) is 1. The van der Waals surface area contributed by atoms with E-state index in [1.54, 1.807) is 14.1 Å². The molecule has 3 aliphatic rings. The van der Waals surface area contributed by atoms with Gasteiger partial charge in [-0.2, -0.15) is 0 Å². The van der Waals surface area contributed by atoms with Gasteiger partial charge in [0.15, 0.2) is 11.4 Å². The molecule has 7 N–H and O–H groups in total. The Bertz CT molecular complexity index is 1330. The normalized spacial score (nSPS) is 26.9. The first kappa shape index (κ1) is 29.6. The number of primary amides is 1. The molecule has 0 saturated heterocycles. The first-order chi connectivity index (χ1) is 18.7. The lowest BCUT2D eigenvalue weighted by atomic mass is 9.57. The fourth-order valence-corrected chi connectivity index (χ4v) is 6.48. The van der Waals surface area contributed by atoms with Gasteiger partial charge in [-0.15, -0.1) is 0 Å². The molecule has 11 nitrogen and oxygen atoms in total. The Balaban J connectivity index is 1.90. The zero-order chi connectivity index (χ0) is 29.8. The number of hydrogen-bond donors (Lipinski definition) is 6. The third-order valence-electron chi connectivity index (χ3n) is 8.76. The predicted octanol–water partition coefficient (Wildman–Crippen LogP) is 1.17. The van der Waals surface area contributed by atoms with E-state index in [9.17, 15) is 34.8 Å². The highest BCUT2D eigenvalue weighted by atomic mass is 16.3. The first-order valence-corrected chi connectivity index (χ1v) is 13.6. The number of rotatable bonds is 8. The SMILES string of the molecule is CCC(C)CNCc1cc(N(C)C)c2c(c1O)C(O)=C1C(=O)[C@]3(O)C(O)=C(C(N)=O)C(=O)[C@@H](N(C)C)[C@H]3C[C@@H]1C2. The van der Waals surface area contributed by atoms with Gasteiger partial charge in [0.1, 0.15) is 22.8 Å². The summed E-state index contributed by atoms with van der Waals surface area (Å²) in [5, 5.41) is 49.0. The number of phenolic OH excluding ortho intramolecular Hbond substituents is 1. The number of nitrogens with zero attached hydrogens (tertiary/aromatic N) is 2. The number of aromatic hydroxyl groups is 1. The number of ketones is 2. The Kier molecular flexibility index (Phi) is 7.78. The van der Waals surface area contributed by atoms with Crippen molar-refractivity contribution in [2.75, 3.05) is 39.6 Å². The van der Waals surface area contributed by atoms with Crippen molar-refractivity contribution in [3.8, 4) is 5.75 Å². The summed E-state index contributed by atoms with van der Waals surface area (Å²) in [6.45, 7) is 5.26. The van der Waals surface area contributed by atoms with Gasteiger partial charge in [-0.25, -0.2) is 0 Å². The summed E-state index contributed by atoms with van der Waals surface area (Å²) >= 11 is 0. The maximum Gasteiger partial charge on any atom is 0.255 e. The molecule has 1 aromatic carbocycles. The number of aliphatic hydroxyl groups excluding tert-OH is 2. The molecule has 218 valence electrons. The van der Waals surface area contributed by atoms with Crippen LogP contribution < -0.4 is 16.0 Å². The topological polar surface area (TPSA) is 177 Å². The number of carbonyl (C=O) groups excluding carboxylic acids is 3. The zero-order valence-electron chi connectivity index (χ0n) is 23.9. The number of benzene rings is 1. The Hall–Kier alpha value is -3.41. The quantitative estimate of drug-likeness (QED) is 0.255. The molecule has 1 amide bonds. The van der Waals surface area contributed by atoms with E-state index < -0.39 is 58.0 Å². The summed E-state index contributed by atoms with van der Waals surface area (Å²) in [5.74, 6) is -6.09. The molecular weight excluding hydrogens is 516 g/mol. The average Bonchev–Trinajstić information content (AvgIpc) is 2.86. The first-order valence-electron chi connectivity index (χ1n) is 13.6. The fourth-order valence-electron chi connectivity index (χ4n) is 6.48. The van der Waals surface area contributed by atoms with E-state index in [4.69, 9.17) is 5.73 Å². The van der Waals surface area contributed by atoms with Crippen LogP contribution in [0.4, 0.5) is 5.69 Å². The summed E-state index contributed by atoms with van der Waals surface area (Å²) in [5.41, 5.74) is 3.78. The van der Waals surface area contributed by atoms with Crippen molar-refractivity contribution >= 4 is 28.9 Å². The molecule has 40 heavy (non-hydrogen) atoms. The van der Waals surface area contributed by atoms with E-state index in [0.29, 0.717) is 23.6 Å². The van der Waals surface area contributed by atoms with Crippen molar-refractivity contribution in [3.05, 3.63) is 39.7 Å². The minimum atomic E-state index is -2.65. The lowest BCUT2D eigenvalue weighted by Crippen LogP contribution is -2.65. The Morgan fingerprint density at radius 1 is 1.20 bits per heavy atom. The summed E-state index contributed by atoms with van der Waals surface area (Å²) in [4.78, 5) is 42.8. The number of amides is 1. The Morgan fingerprint density at radius 3 is 2.40 bits per heavy atom. The number of anilines is 1. The highest BCUT2D eigenvalue weighted by molar-refractivity contribution is 6.24. The number of nitrogens with one attached hydrogen (secondary N) is 1. The Labute approximate surface area is 233 Å². The second kappa shape index (κ2) is 10.5. The van der Waals surface area contributed by atoms with Crippen molar-refractivity contribution in [1.82, 2.24) is 10.2 Å². The highest BCUT2D eigenvalue weighted by Crippen LogP contribution is 2.54. The van der Waals surface area contributed by atoms with Gasteiger partial charge in [-0.1, -0.05) is 20.3 Å². The van der Waals surface area contributed by atoms with E-state index in [2.05, 4.69) is 19.2 Å². The van der Waals surface area contributed by atoms with Crippen LogP contribution in [0.2, 0.25) is 0 Å². The smallest absolute Gasteiger partial charge is 0.255 e. The molecule has 0 bridgehead atoms. The van der Waals surface area contributed by atoms with Crippen LogP contribution in [0, 0.1) is 17.8 Å². The standard InChI is InChI=1S/C29H40N4O7/c1-7-13(2)11-31-12-15-10-18(32(3)4)16-8-14-9-17-22(33(5)6)25(36)21(28(30)39)27(38)29(17,40)26(37)19(14)24(35)20(16)23(15)34/h10,13-14,17,22,31,34-35,38,40H,7-9,11-12H2,1-6H3,(H2,30,39)/t13?,14-,17+,22-,29-/m0/s1. The summed E-state index contributed by atoms with van der Waals surface area (Å²) in [6, 6.07) is 0.746. The van der Waals surface area contributed by atoms with Gasteiger partial charge in [0.25, 0.3) is 5.91 Å². The predicted molar refractivity (Wildman–Crippen MR) is 150 cm³/mol. The third kappa shape index (κ3) is 4.36. The molecule has 1 saturated carbocycles. The van der Waals surface area contributed by atoms with Crippen LogP contribution in [0.5, 0.6) is 5.75 Å². The molecule has 0 aromatic heterocycles. The van der Waals surface area contributed by atoms with Gasteiger partial charge in [0, 0.05) is 43.4 Å².